The van der Waals surface area contributed by atoms with Crippen molar-refractivity contribution in [2.24, 2.45) is 0 Å². The molecule has 2 aromatic carbocycles. The van der Waals surface area contributed by atoms with Gasteiger partial charge in [0.25, 0.3) is 0 Å². The van der Waals surface area contributed by atoms with Crippen molar-refractivity contribution in [3.63, 3.8) is 0 Å². The summed E-state index contributed by atoms with van der Waals surface area (Å²) in [5.41, 5.74) is 5.39. The summed E-state index contributed by atoms with van der Waals surface area (Å²) in [7, 11) is 0. The third-order valence-corrected chi connectivity index (χ3v) is 6.94. The Morgan fingerprint density at radius 1 is 1.18 bits per heavy atom. The molecule has 1 fully saturated rings. The van der Waals surface area contributed by atoms with E-state index in [1.54, 1.807) is 24.5 Å². The van der Waals surface area contributed by atoms with E-state index in [2.05, 4.69) is 31.2 Å². The van der Waals surface area contributed by atoms with Crippen LogP contribution >= 0.6 is 0 Å². The van der Waals surface area contributed by atoms with Crippen LogP contribution in [0.15, 0.2) is 71.8 Å². The zero-order chi connectivity index (χ0) is 26.1. The van der Waals surface area contributed by atoms with Gasteiger partial charge in [0.2, 0.25) is 5.56 Å². The number of H-pyrrole nitrogens is 1. The molecule has 2 unspecified atom stereocenters. The van der Waals surface area contributed by atoms with E-state index in [1.807, 2.05) is 43.3 Å². The van der Waals surface area contributed by atoms with Crippen molar-refractivity contribution in [2.75, 3.05) is 36.6 Å². The van der Waals surface area contributed by atoms with Gasteiger partial charge < -0.3 is 24.7 Å². The molecule has 0 spiro atoms. The normalized spacial score (nSPS) is 17.2. The fourth-order valence-electron chi connectivity index (χ4n) is 5.06. The van der Waals surface area contributed by atoms with E-state index in [0.29, 0.717) is 31.9 Å². The van der Waals surface area contributed by atoms with Gasteiger partial charge in [-0.15, -0.1) is 0 Å². The topological polar surface area (TPSA) is 92.4 Å². The summed E-state index contributed by atoms with van der Waals surface area (Å²) in [6.07, 6.45) is 3.80. The van der Waals surface area contributed by atoms with E-state index in [0.717, 1.165) is 45.3 Å². The molecule has 4 aromatic rings. The van der Waals surface area contributed by atoms with Gasteiger partial charge in [0.05, 0.1) is 6.61 Å². The number of ether oxygens (including phenoxy) is 2. The first kappa shape index (κ1) is 24.1. The van der Waals surface area contributed by atoms with E-state index < -0.39 is 12.7 Å². The van der Waals surface area contributed by atoms with Gasteiger partial charge in [-0.1, -0.05) is 18.2 Å². The molecular formula is C29H28FN5O3. The highest BCUT2D eigenvalue weighted by atomic mass is 19.1. The number of aryl methyl sites for hydroxylation is 1. The highest BCUT2D eigenvalue weighted by Gasteiger charge is 2.29. The number of halogens is 1. The van der Waals surface area contributed by atoms with Crippen molar-refractivity contribution in [3.05, 3.63) is 106 Å². The minimum Gasteiger partial charge on any atom is -0.456 e. The highest BCUT2D eigenvalue weighted by molar-refractivity contribution is 5.59. The van der Waals surface area contributed by atoms with E-state index in [4.69, 9.17) is 9.47 Å². The lowest BCUT2D eigenvalue weighted by Crippen LogP contribution is -2.39. The molecule has 6 rings (SSSR count). The maximum Gasteiger partial charge on any atom is 0.249 e. The lowest BCUT2D eigenvalue weighted by molar-refractivity contribution is 0.0384. The summed E-state index contributed by atoms with van der Waals surface area (Å²) in [6.45, 7) is 3.11. The van der Waals surface area contributed by atoms with E-state index >= 15 is 0 Å². The Morgan fingerprint density at radius 2 is 2.11 bits per heavy atom. The molecule has 2 N–H and O–H groups in total. The molecule has 9 heteroatoms. The lowest BCUT2D eigenvalue weighted by atomic mass is 9.95. The number of fused-ring (bicyclic) bond motifs is 2. The number of hydrogen-bond acceptors (Lipinski definition) is 7. The molecule has 38 heavy (non-hydrogen) atoms. The lowest BCUT2D eigenvalue weighted by Gasteiger charge is -2.36. The predicted molar refractivity (Wildman–Crippen MR) is 143 cm³/mol. The van der Waals surface area contributed by atoms with Gasteiger partial charge in [-0.2, -0.15) is 0 Å². The standard InChI is InChI=1S/C29H28FN5O3/c1-18-7-9-32-29(33-18)24(16-30)34-21-5-6-25-20(14-21)13-19-3-2-4-23(28(19)38-25)26-17-35(11-12-37-26)22-8-10-31-27(36)15-22/h2-10,14-15,24,26,34H,11-13,16-17H2,1H3,(H,31,36). The van der Waals surface area contributed by atoms with Crippen LogP contribution in [0, 0.1) is 6.92 Å². The summed E-state index contributed by atoms with van der Waals surface area (Å²) in [4.78, 5) is 25.3. The largest absolute Gasteiger partial charge is 0.456 e. The Labute approximate surface area is 219 Å². The molecule has 2 aliphatic heterocycles. The van der Waals surface area contributed by atoms with Crippen molar-refractivity contribution in [1.82, 2.24) is 15.0 Å². The van der Waals surface area contributed by atoms with Crippen LogP contribution in [0.1, 0.15) is 40.4 Å². The minimum absolute atomic E-state index is 0.124. The van der Waals surface area contributed by atoms with Crippen molar-refractivity contribution >= 4 is 11.4 Å². The van der Waals surface area contributed by atoms with Crippen LogP contribution in [-0.2, 0) is 11.2 Å². The second kappa shape index (κ2) is 10.3. The number of rotatable bonds is 6. The Balaban J connectivity index is 1.22. The van der Waals surface area contributed by atoms with E-state index in [1.165, 1.54) is 0 Å². The summed E-state index contributed by atoms with van der Waals surface area (Å²) in [5, 5.41) is 3.23. The number of anilines is 2. The van der Waals surface area contributed by atoms with E-state index in [-0.39, 0.29) is 11.7 Å². The third kappa shape index (κ3) is 4.84. The maximum atomic E-state index is 13.9. The first-order valence-corrected chi connectivity index (χ1v) is 12.7. The maximum absolute atomic E-state index is 13.9. The van der Waals surface area contributed by atoms with E-state index in [9.17, 15) is 9.18 Å². The Morgan fingerprint density at radius 3 is 2.95 bits per heavy atom. The Hall–Kier alpha value is -4.24. The van der Waals surface area contributed by atoms with Crippen molar-refractivity contribution < 1.29 is 13.9 Å². The molecule has 0 bridgehead atoms. The summed E-state index contributed by atoms with van der Waals surface area (Å²) < 4.78 is 26.5. The number of nitrogens with one attached hydrogen (secondary N) is 2. The van der Waals surface area contributed by atoms with Gasteiger partial charge in [0.1, 0.15) is 30.3 Å². The molecule has 0 saturated carbocycles. The molecule has 0 aliphatic carbocycles. The molecule has 4 heterocycles. The summed E-state index contributed by atoms with van der Waals surface area (Å²) in [6, 6.07) is 16.6. The smallest absolute Gasteiger partial charge is 0.249 e. The first-order chi connectivity index (χ1) is 18.6. The molecule has 1 saturated heterocycles. The van der Waals surface area contributed by atoms with Crippen LogP contribution in [0.3, 0.4) is 0 Å². The fraction of sp³-hybridized carbons (Fsp3) is 0.276. The number of para-hydroxylation sites is 1. The second-order valence-electron chi connectivity index (χ2n) is 9.56. The Bertz CT molecular complexity index is 1520. The van der Waals surface area contributed by atoms with Crippen LogP contribution < -0.4 is 20.5 Å². The van der Waals surface area contributed by atoms with Gasteiger partial charge >= 0.3 is 0 Å². The van der Waals surface area contributed by atoms with Gasteiger partial charge in [-0.05, 0) is 42.8 Å². The molecule has 2 atom stereocenters. The van der Waals surface area contributed by atoms with Crippen LogP contribution in [-0.4, -0.2) is 41.3 Å². The number of morpholine rings is 1. The molecule has 0 radical (unpaired) electrons. The monoisotopic (exact) mass is 513 g/mol. The average Bonchev–Trinajstić information content (AvgIpc) is 2.94. The average molecular weight is 514 g/mol. The quantitative estimate of drug-likeness (QED) is 0.335. The number of aromatic nitrogens is 3. The molecule has 2 aromatic heterocycles. The van der Waals surface area contributed by atoms with Crippen LogP contribution in [0.5, 0.6) is 11.5 Å². The SMILES string of the molecule is Cc1ccnc(C(CF)Nc2ccc3c(c2)Cc2cccc(C4CN(c5cc[nH]c(=O)c5)CCO4)c2O3)n1. The molecule has 2 aliphatic rings. The molecule has 194 valence electrons. The van der Waals surface area contributed by atoms with Gasteiger partial charge in [0, 0.05) is 66.2 Å². The summed E-state index contributed by atoms with van der Waals surface area (Å²) >= 11 is 0. The first-order valence-electron chi connectivity index (χ1n) is 12.7. The number of pyridine rings is 1. The number of hydrogen-bond donors (Lipinski definition) is 2. The van der Waals surface area contributed by atoms with Gasteiger partial charge in [0.15, 0.2) is 5.82 Å². The van der Waals surface area contributed by atoms with Gasteiger partial charge in [-0.3, -0.25) is 4.79 Å². The highest BCUT2D eigenvalue weighted by Crippen LogP contribution is 2.43. The van der Waals surface area contributed by atoms with Crippen molar-refractivity contribution in [3.8, 4) is 11.5 Å². The van der Waals surface area contributed by atoms with Crippen LogP contribution in [0.25, 0.3) is 0 Å². The van der Waals surface area contributed by atoms with Gasteiger partial charge in [-0.25, -0.2) is 14.4 Å². The minimum atomic E-state index is -0.636. The number of nitrogens with zero attached hydrogens (tertiary/aromatic N) is 3. The molecule has 8 nitrogen and oxygen atoms in total. The number of alkyl halides is 1. The zero-order valence-electron chi connectivity index (χ0n) is 21.0. The Kier molecular flexibility index (Phi) is 6.51. The van der Waals surface area contributed by atoms with Crippen LogP contribution in [0.4, 0.5) is 15.8 Å². The number of aromatic amines is 1. The summed E-state index contributed by atoms with van der Waals surface area (Å²) in [5.74, 6) is 2.01. The number of benzene rings is 2. The van der Waals surface area contributed by atoms with Crippen molar-refractivity contribution in [1.29, 1.82) is 0 Å². The zero-order valence-corrected chi connectivity index (χ0v) is 21.0. The second-order valence-corrected chi connectivity index (χ2v) is 9.56. The fourth-order valence-corrected chi connectivity index (χ4v) is 5.06. The van der Waals surface area contributed by atoms with Crippen molar-refractivity contribution in [2.45, 2.75) is 25.5 Å². The predicted octanol–water partition coefficient (Wildman–Crippen LogP) is 4.87. The molecular weight excluding hydrogens is 485 g/mol. The molecule has 0 amide bonds. The van der Waals surface area contributed by atoms with Crippen LogP contribution in [0.2, 0.25) is 0 Å². The third-order valence-electron chi connectivity index (χ3n) is 6.94.